The predicted molar refractivity (Wildman–Crippen MR) is 156 cm³/mol. The molecule has 3 N–H and O–H groups in total. The van der Waals surface area contributed by atoms with Gasteiger partial charge >= 0.3 is 0 Å². The average Bonchev–Trinajstić information content (AvgIpc) is 3.40. The number of hydrogen-bond donors (Lipinski definition) is 3. The van der Waals surface area contributed by atoms with Crippen LogP contribution in [0, 0.1) is 5.82 Å². The Morgan fingerprint density at radius 3 is 2.48 bits per heavy atom. The average molecular weight is 590 g/mol. The second-order valence-corrected chi connectivity index (χ2v) is 10.5. The van der Waals surface area contributed by atoms with Crippen molar-refractivity contribution in [3.8, 4) is 5.75 Å². The molecule has 0 aliphatic heterocycles. The van der Waals surface area contributed by atoms with Gasteiger partial charge in [0.2, 0.25) is 11.8 Å². The van der Waals surface area contributed by atoms with E-state index >= 15 is 0 Å². The minimum absolute atomic E-state index is 0.0511. The molecule has 0 spiro atoms. The van der Waals surface area contributed by atoms with Gasteiger partial charge in [0.1, 0.15) is 18.2 Å². The molecule has 0 saturated carbocycles. The van der Waals surface area contributed by atoms with E-state index in [1.165, 1.54) is 23.5 Å². The molecule has 0 saturated heterocycles. The van der Waals surface area contributed by atoms with Gasteiger partial charge in [0.05, 0.1) is 22.2 Å². The van der Waals surface area contributed by atoms with Gasteiger partial charge in [-0.2, -0.15) is 0 Å². The Morgan fingerprint density at radius 1 is 0.900 bits per heavy atom. The van der Waals surface area contributed by atoms with Gasteiger partial charge in [-0.15, -0.1) is 11.3 Å². The summed E-state index contributed by atoms with van der Waals surface area (Å²) < 4.78 is 23.6. The number of benzene rings is 2. The zero-order valence-corrected chi connectivity index (χ0v) is 23.8. The van der Waals surface area contributed by atoms with Crippen LogP contribution in [0.2, 0.25) is 5.02 Å². The molecule has 3 aromatic rings. The summed E-state index contributed by atoms with van der Waals surface area (Å²) in [6.45, 7) is 1.27. The van der Waals surface area contributed by atoms with Crippen LogP contribution in [0.25, 0.3) is 0 Å². The van der Waals surface area contributed by atoms with Crippen LogP contribution in [0.4, 0.5) is 15.1 Å². The van der Waals surface area contributed by atoms with Gasteiger partial charge in [-0.05, 0) is 67.3 Å². The van der Waals surface area contributed by atoms with E-state index in [0.717, 1.165) is 18.4 Å². The van der Waals surface area contributed by atoms with Crippen molar-refractivity contribution in [1.29, 1.82) is 0 Å². The number of unbranched alkanes of at least 4 members (excludes halogenated alkanes) is 2. The van der Waals surface area contributed by atoms with E-state index in [2.05, 4.69) is 16.0 Å². The van der Waals surface area contributed by atoms with Crippen molar-refractivity contribution in [3.63, 3.8) is 0 Å². The number of anilines is 2. The maximum Gasteiger partial charge on any atom is 0.265 e. The third-order valence-corrected chi connectivity index (χ3v) is 7.02. The van der Waals surface area contributed by atoms with E-state index in [9.17, 15) is 18.8 Å². The molecule has 2 aromatic carbocycles. The number of nitrogens with one attached hydrogen (secondary N) is 3. The van der Waals surface area contributed by atoms with Gasteiger partial charge in [0.15, 0.2) is 0 Å². The first kappa shape index (κ1) is 31.1. The van der Waals surface area contributed by atoms with Crippen LogP contribution in [0.1, 0.15) is 47.3 Å². The summed E-state index contributed by atoms with van der Waals surface area (Å²) in [6.07, 6.45) is 3.47. The number of carbonyl (C=O) groups is 3. The number of amides is 3. The second-order valence-electron chi connectivity index (χ2n) is 8.94. The number of ether oxygens (including phenoxy) is 2. The SMILES string of the molecule is COCCOc1ccc(Cl)cc1NC(=O)c1ccc(NC(=O)CCCCCNC(=O)CCc2ccc(F)cc2)s1. The Bertz CT molecular complexity index is 1270. The van der Waals surface area contributed by atoms with E-state index in [4.69, 9.17) is 21.1 Å². The lowest BCUT2D eigenvalue weighted by molar-refractivity contribution is -0.121. The molecular formula is C29H33ClFN3O5S. The summed E-state index contributed by atoms with van der Waals surface area (Å²) in [5.74, 6) is -0.349. The highest BCUT2D eigenvalue weighted by Crippen LogP contribution is 2.30. The van der Waals surface area contributed by atoms with Crippen LogP contribution in [0.5, 0.6) is 5.75 Å². The van der Waals surface area contributed by atoms with Crippen LogP contribution >= 0.6 is 22.9 Å². The summed E-state index contributed by atoms with van der Waals surface area (Å²) in [6, 6.07) is 14.4. The standard InChI is InChI=1S/C29H33ClFN3O5S/c1-38-17-18-39-24-12-9-21(30)19-23(24)33-29(37)25-13-15-28(40-25)34-27(36)5-3-2-4-16-32-26(35)14-8-20-6-10-22(31)11-7-20/h6-7,9-13,15,19H,2-5,8,14,16-18H2,1H3,(H,32,35)(H,33,37)(H,34,36). The summed E-state index contributed by atoms with van der Waals surface area (Å²) in [7, 11) is 1.57. The third kappa shape index (κ3) is 11.0. The summed E-state index contributed by atoms with van der Waals surface area (Å²) in [5.41, 5.74) is 1.36. The van der Waals surface area contributed by atoms with Crippen molar-refractivity contribution in [3.05, 3.63) is 75.9 Å². The lowest BCUT2D eigenvalue weighted by Gasteiger charge is -2.12. The second kappa shape index (κ2) is 16.6. The van der Waals surface area contributed by atoms with E-state index in [1.807, 2.05) is 0 Å². The normalized spacial score (nSPS) is 10.7. The summed E-state index contributed by atoms with van der Waals surface area (Å²) in [5, 5.41) is 9.54. The lowest BCUT2D eigenvalue weighted by Crippen LogP contribution is -2.24. The molecule has 11 heteroatoms. The Hall–Kier alpha value is -3.47. The molecule has 3 amide bonds. The van der Waals surface area contributed by atoms with Crippen molar-refractivity contribution in [2.75, 3.05) is 37.5 Å². The van der Waals surface area contributed by atoms with Gasteiger partial charge in [0.25, 0.3) is 5.91 Å². The van der Waals surface area contributed by atoms with Gasteiger partial charge in [-0.25, -0.2) is 4.39 Å². The molecule has 0 bridgehead atoms. The van der Waals surface area contributed by atoms with E-state index in [-0.39, 0.29) is 23.5 Å². The highest BCUT2D eigenvalue weighted by molar-refractivity contribution is 7.18. The van der Waals surface area contributed by atoms with Gasteiger partial charge < -0.3 is 25.4 Å². The summed E-state index contributed by atoms with van der Waals surface area (Å²) in [4.78, 5) is 37.5. The largest absolute Gasteiger partial charge is 0.489 e. The van der Waals surface area contributed by atoms with Gasteiger partial charge in [0, 0.05) is 31.5 Å². The molecule has 0 fully saturated rings. The lowest BCUT2D eigenvalue weighted by atomic mass is 10.1. The van der Waals surface area contributed by atoms with Crippen molar-refractivity contribution in [2.45, 2.75) is 38.5 Å². The highest BCUT2D eigenvalue weighted by atomic mass is 35.5. The summed E-state index contributed by atoms with van der Waals surface area (Å²) >= 11 is 7.26. The van der Waals surface area contributed by atoms with E-state index < -0.39 is 0 Å². The number of rotatable bonds is 16. The van der Waals surface area contributed by atoms with Crippen molar-refractivity contribution in [1.82, 2.24) is 5.32 Å². The minimum atomic E-state index is -0.343. The van der Waals surface area contributed by atoms with Crippen molar-refractivity contribution in [2.24, 2.45) is 0 Å². The fraction of sp³-hybridized carbons (Fsp3) is 0.345. The van der Waals surface area contributed by atoms with Gasteiger partial charge in [-0.3, -0.25) is 14.4 Å². The third-order valence-electron chi connectivity index (χ3n) is 5.78. The number of hydrogen-bond acceptors (Lipinski definition) is 6. The van der Waals surface area contributed by atoms with Crippen molar-refractivity contribution < 1.29 is 28.2 Å². The number of carbonyl (C=O) groups excluding carboxylic acids is 3. The minimum Gasteiger partial charge on any atom is -0.489 e. The van der Waals surface area contributed by atoms with Crippen LogP contribution < -0.4 is 20.7 Å². The molecule has 40 heavy (non-hydrogen) atoms. The predicted octanol–water partition coefficient (Wildman–Crippen LogP) is 6.07. The zero-order valence-electron chi connectivity index (χ0n) is 22.3. The van der Waals surface area contributed by atoms with Gasteiger partial charge in [-0.1, -0.05) is 30.2 Å². The fourth-order valence-electron chi connectivity index (χ4n) is 3.68. The molecule has 1 aromatic heterocycles. The van der Waals surface area contributed by atoms with E-state index in [0.29, 0.717) is 71.8 Å². The molecule has 0 atom stereocenters. The van der Waals surface area contributed by atoms with Crippen molar-refractivity contribution >= 4 is 51.3 Å². The molecular weight excluding hydrogens is 557 g/mol. The Labute approximate surface area is 242 Å². The molecule has 0 aliphatic rings. The number of halogens is 2. The monoisotopic (exact) mass is 589 g/mol. The zero-order chi connectivity index (χ0) is 28.7. The quantitative estimate of drug-likeness (QED) is 0.176. The highest BCUT2D eigenvalue weighted by Gasteiger charge is 2.14. The number of thiophene rings is 1. The molecule has 3 rings (SSSR count). The molecule has 0 radical (unpaired) electrons. The fourth-order valence-corrected chi connectivity index (χ4v) is 4.67. The first-order valence-corrected chi connectivity index (χ1v) is 14.2. The Balaban J connectivity index is 1.33. The Kier molecular flexibility index (Phi) is 12.9. The number of aryl methyl sites for hydroxylation is 1. The van der Waals surface area contributed by atoms with Crippen LogP contribution in [0.15, 0.2) is 54.6 Å². The molecule has 0 aliphatic carbocycles. The Morgan fingerprint density at radius 2 is 1.70 bits per heavy atom. The topological polar surface area (TPSA) is 106 Å². The van der Waals surface area contributed by atoms with E-state index in [1.54, 1.807) is 49.6 Å². The molecule has 214 valence electrons. The van der Waals surface area contributed by atoms with Crippen LogP contribution in [-0.4, -0.2) is 44.6 Å². The first-order chi connectivity index (χ1) is 19.3. The molecule has 0 unspecified atom stereocenters. The molecule has 8 nitrogen and oxygen atoms in total. The smallest absolute Gasteiger partial charge is 0.265 e. The van der Waals surface area contributed by atoms with Crippen LogP contribution in [0.3, 0.4) is 0 Å². The maximum atomic E-state index is 12.9. The number of methoxy groups -OCH3 is 1. The van der Waals surface area contributed by atoms with Crippen LogP contribution in [-0.2, 0) is 20.7 Å². The molecule has 1 heterocycles. The maximum absolute atomic E-state index is 12.9. The first-order valence-electron chi connectivity index (χ1n) is 13.0.